The van der Waals surface area contributed by atoms with Crippen molar-refractivity contribution >= 4 is 45.1 Å². The summed E-state index contributed by atoms with van der Waals surface area (Å²) < 4.78 is 4.99. The minimum Gasteiger partial charge on any atom is -0.317 e. The first kappa shape index (κ1) is 32.7. The van der Waals surface area contributed by atoms with Crippen LogP contribution in [0.4, 0.5) is 0 Å². The standard InChI is InChI=1S/C53H41N3/c1-4-16-36(17-5-1)39-22-14-23-42(32-39)55-48-27-12-10-24-44(48)46-33-40(30-31-50(46)55)43-26-15-29-51-53(43)45-25-11-13-28-49(45)56(51)52-35-41(37-18-6-2-7-19-37)34-47(54-52)38-20-8-3-9-21-38/h1-8,10-11,13-20,22-26,28-29,32-35H,9,12,21,27,30-31H2. The summed E-state index contributed by atoms with van der Waals surface area (Å²) in [4.78, 5) is 5.44. The van der Waals surface area contributed by atoms with E-state index in [-0.39, 0.29) is 0 Å². The predicted molar refractivity (Wildman–Crippen MR) is 235 cm³/mol. The van der Waals surface area contributed by atoms with E-state index < -0.39 is 0 Å². The van der Waals surface area contributed by atoms with Crippen molar-refractivity contribution in [3.63, 3.8) is 0 Å². The molecule has 0 unspecified atom stereocenters. The number of aromatic nitrogens is 3. The van der Waals surface area contributed by atoms with Gasteiger partial charge in [-0.25, -0.2) is 4.98 Å². The maximum Gasteiger partial charge on any atom is 0.138 e. The van der Waals surface area contributed by atoms with Gasteiger partial charge in [-0.05, 0) is 120 Å². The number of pyridine rings is 1. The minimum absolute atomic E-state index is 0.953. The van der Waals surface area contributed by atoms with Gasteiger partial charge in [0.25, 0.3) is 0 Å². The molecule has 3 aromatic heterocycles. The molecule has 0 spiro atoms. The van der Waals surface area contributed by atoms with Gasteiger partial charge in [0, 0.05) is 39.0 Å². The second kappa shape index (κ2) is 13.5. The second-order valence-electron chi connectivity index (χ2n) is 15.3. The molecule has 0 saturated carbocycles. The fraction of sp³-hybridized carbons (Fsp3) is 0.113. The highest BCUT2D eigenvalue weighted by Crippen LogP contribution is 2.44. The van der Waals surface area contributed by atoms with Gasteiger partial charge >= 0.3 is 0 Å². The topological polar surface area (TPSA) is 22.8 Å². The average molecular weight is 720 g/mol. The van der Waals surface area contributed by atoms with Crippen LogP contribution in [0.1, 0.15) is 59.5 Å². The van der Waals surface area contributed by atoms with Gasteiger partial charge in [-0.3, -0.25) is 4.57 Å². The van der Waals surface area contributed by atoms with Gasteiger partial charge in [0.05, 0.1) is 16.7 Å². The number of allylic oxidation sites excluding steroid dienone is 6. The largest absolute Gasteiger partial charge is 0.317 e. The Morgan fingerprint density at radius 3 is 2.07 bits per heavy atom. The van der Waals surface area contributed by atoms with Gasteiger partial charge in [0.2, 0.25) is 0 Å². The monoisotopic (exact) mass is 719 g/mol. The second-order valence-corrected chi connectivity index (χ2v) is 15.3. The third-order valence-electron chi connectivity index (χ3n) is 12.0. The quantitative estimate of drug-likeness (QED) is 0.168. The van der Waals surface area contributed by atoms with Crippen molar-refractivity contribution in [2.45, 2.75) is 38.5 Å². The van der Waals surface area contributed by atoms with E-state index in [1.54, 1.807) is 0 Å². The Morgan fingerprint density at radius 2 is 1.23 bits per heavy atom. The van der Waals surface area contributed by atoms with Gasteiger partial charge in [-0.1, -0.05) is 134 Å². The van der Waals surface area contributed by atoms with Crippen LogP contribution in [0.2, 0.25) is 0 Å². The van der Waals surface area contributed by atoms with Gasteiger partial charge in [-0.2, -0.15) is 0 Å². The summed E-state index contributed by atoms with van der Waals surface area (Å²) in [5, 5.41) is 2.56. The molecule has 11 rings (SSSR count). The Labute approximate surface area is 327 Å². The summed E-state index contributed by atoms with van der Waals surface area (Å²) in [5.74, 6) is 0.953. The molecule has 0 atom stereocenters. The number of para-hydroxylation sites is 1. The number of nitrogens with zero attached hydrogens (tertiary/aromatic N) is 3. The molecule has 0 radical (unpaired) electrons. The van der Waals surface area contributed by atoms with E-state index in [1.165, 1.54) is 89.0 Å². The maximum absolute atomic E-state index is 5.44. The number of rotatable bonds is 6. The maximum atomic E-state index is 5.44. The van der Waals surface area contributed by atoms with Crippen LogP contribution in [-0.2, 0) is 12.8 Å². The van der Waals surface area contributed by atoms with Crippen molar-refractivity contribution in [1.82, 2.24) is 14.1 Å². The lowest BCUT2D eigenvalue weighted by atomic mass is 9.88. The first-order valence-electron chi connectivity index (χ1n) is 20.0. The lowest BCUT2D eigenvalue weighted by molar-refractivity contribution is 0.817. The highest BCUT2D eigenvalue weighted by Gasteiger charge is 2.27. The molecule has 56 heavy (non-hydrogen) atoms. The molecule has 0 aliphatic heterocycles. The normalized spacial score (nSPS) is 14.8. The summed E-state index contributed by atoms with van der Waals surface area (Å²) in [7, 11) is 0. The van der Waals surface area contributed by atoms with Crippen LogP contribution in [0.25, 0.3) is 78.9 Å². The Hall–Kier alpha value is -6.71. The zero-order valence-electron chi connectivity index (χ0n) is 31.3. The van der Waals surface area contributed by atoms with Gasteiger partial charge in [-0.15, -0.1) is 0 Å². The van der Waals surface area contributed by atoms with Crippen LogP contribution in [0.5, 0.6) is 0 Å². The van der Waals surface area contributed by atoms with Crippen LogP contribution in [-0.4, -0.2) is 14.1 Å². The fourth-order valence-electron chi connectivity index (χ4n) is 9.40. The van der Waals surface area contributed by atoms with Crippen LogP contribution in [0, 0.1) is 0 Å². The molecular weight excluding hydrogens is 679 g/mol. The Kier molecular flexibility index (Phi) is 7.91. The molecule has 3 heterocycles. The summed E-state index contributed by atoms with van der Waals surface area (Å²) in [6.45, 7) is 0. The smallest absolute Gasteiger partial charge is 0.138 e. The third kappa shape index (κ3) is 5.46. The summed E-state index contributed by atoms with van der Waals surface area (Å²) in [5.41, 5.74) is 19.2. The predicted octanol–water partition coefficient (Wildman–Crippen LogP) is 13.5. The van der Waals surface area contributed by atoms with Crippen molar-refractivity contribution in [3.05, 3.63) is 198 Å². The van der Waals surface area contributed by atoms with Crippen molar-refractivity contribution in [1.29, 1.82) is 0 Å². The molecule has 3 aliphatic rings. The molecule has 268 valence electrons. The molecule has 0 fully saturated rings. The molecule has 0 amide bonds. The van der Waals surface area contributed by atoms with Gasteiger partial charge in [0.15, 0.2) is 0 Å². The first-order chi connectivity index (χ1) is 27.8. The third-order valence-corrected chi connectivity index (χ3v) is 12.0. The van der Waals surface area contributed by atoms with E-state index in [2.05, 4.69) is 185 Å². The van der Waals surface area contributed by atoms with Gasteiger partial charge < -0.3 is 4.57 Å². The van der Waals surface area contributed by atoms with Crippen LogP contribution < -0.4 is 0 Å². The molecule has 5 aromatic carbocycles. The molecule has 0 N–H and O–H groups in total. The van der Waals surface area contributed by atoms with Crippen LogP contribution >= 0.6 is 0 Å². The molecule has 3 aliphatic carbocycles. The Balaban J connectivity index is 1.09. The van der Waals surface area contributed by atoms with Gasteiger partial charge in [0.1, 0.15) is 5.82 Å². The SMILES string of the molecule is C1=CCCC(c2cc(-c3ccccc3)cc(-n3c4ccccc4c4c(C5=Cc6c7c(n(-c8cccc(-c9ccccc9)c8)c6CC5)CCC=C7)cccc43)n2)=C1. The molecule has 8 aromatic rings. The molecule has 0 saturated heterocycles. The first-order valence-corrected chi connectivity index (χ1v) is 20.0. The zero-order chi connectivity index (χ0) is 37.0. The van der Waals surface area contributed by atoms with Crippen molar-refractivity contribution < 1.29 is 0 Å². The van der Waals surface area contributed by atoms with E-state index in [0.29, 0.717) is 0 Å². The number of benzene rings is 5. The molecule has 3 nitrogen and oxygen atoms in total. The van der Waals surface area contributed by atoms with Crippen molar-refractivity contribution in [2.24, 2.45) is 0 Å². The van der Waals surface area contributed by atoms with E-state index in [0.717, 1.165) is 50.0 Å². The molecular formula is C53H41N3. The highest BCUT2D eigenvalue weighted by molar-refractivity contribution is 6.15. The summed E-state index contributed by atoms with van der Waals surface area (Å²) in [6, 6.07) is 50.9. The van der Waals surface area contributed by atoms with E-state index in [9.17, 15) is 0 Å². The fourth-order valence-corrected chi connectivity index (χ4v) is 9.40. The van der Waals surface area contributed by atoms with Crippen LogP contribution in [0.15, 0.2) is 164 Å². The zero-order valence-corrected chi connectivity index (χ0v) is 31.3. The average Bonchev–Trinajstić information content (AvgIpc) is 3.80. The Morgan fingerprint density at radius 1 is 0.500 bits per heavy atom. The Bertz CT molecular complexity index is 2950. The highest BCUT2D eigenvalue weighted by atomic mass is 15.1. The number of fused-ring (bicyclic) bond motifs is 6. The molecule has 3 heteroatoms. The minimum atomic E-state index is 0.953. The number of hydrogen-bond donors (Lipinski definition) is 0. The van der Waals surface area contributed by atoms with Crippen molar-refractivity contribution in [3.8, 4) is 33.8 Å². The van der Waals surface area contributed by atoms with Crippen LogP contribution in [0.3, 0.4) is 0 Å². The van der Waals surface area contributed by atoms with E-state index in [1.807, 2.05) is 0 Å². The lowest BCUT2D eigenvalue weighted by Crippen LogP contribution is -2.08. The van der Waals surface area contributed by atoms with E-state index >= 15 is 0 Å². The molecule has 0 bridgehead atoms. The lowest BCUT2D eigenvalue weighted by Gasteiger charge is -2.20. The number of hydrogen-bond acceptors (Lipinski definition) is 1. The van der Waals surface area contributed by atoms with Crippen molar-refractivity contribution in [2.75, 3.05) is 0 Å². The van der Waals surface area contributed by atoms with E-state index in [4.69, 9.17) is 4.98 Å². The summed E-state index contributed by atoms with van der Waals surface area (Å²) in [6.07, 6.45) is 20.0. The summed E-state index contributed by atoms with van der Waals surface area (Å²) >= 11 is 0.